The molecule has 0 saturated carbocycles. The van der Waals surface area contributed by atoms with Gasteiger partial charge in [-0.15, -0.1) is 0 Å². The quantitative estimate of drug-likeness (QED) is 0.379. The molecule has 10 nitrogen and oxygen atoms in total. The molecule has 3 rings (SSSR count). The van der Waals surface area contributed by atoms with Crippen LogP contribution in [-0.2, 0) is 21.2 Å². The van der Waals surface area contributed by atoms with E-state index in [0.717, 1.165) is 45.3 Å². The SMILES string of the molecule is CS(=O)(=O)Nc1cnc(N2CCNCC2)c(C(=O)NCCCc2ccccc2)c1.O=C(O)C(F)(F)F. The first-order chi connectivity index (χ1) is 16.9. The van der Waals surface area contributed by atoms with Gasteiger partial charge in [-0.05, 0) is 24.5 Å². The second-order valence-corrected chi connectivity index (χ2v) is 9.60. The predicted molar refractivity (Wildman–Crippen MR) is 129 cm³/mol. The summed E-state index contributed by atoms with van der Waals surface area (Å²) in [4.78, 5) is 28.2. The van der Waals surface area contributed by atoms with Gasteiger partial charge in [0.1, 0.15) is 5.82 Å². The molecule has 1 fully saturated rings. The lowest BCUT2D eigenvalue weighted by Gasteiger charge is -2.30. The first-order valence-electron chi connectivity index (χ1n) is 10.9. The molecule has 1 aliphatic heterocycles. The van der Waals surface area contributed by atoms with Crippen molar-refractivity contribution in [1.82, 2.24) is 15.6 Å². The van der Waals surface area contributed by atoms with Gasteiger partial charge in [-0.3, -0.25) is 9.52 Å². The maximum absolute atomic E-state index is 12.9. The van der Waals surface area contributed by atoms with Crippen molar-refractivity contribution in [2.24, 2.45) is 0 Å². The number of nitrogens with one attached hydrogen (secondary N) is 3. The Morgan fingerprint density at radius 1 is 1.17 bits per heavy atom. The molecule has 198 valence electrons. The first-order valence-corrected chi connectivity index (χ1v) is 12.8. The van der Waals surface area contributed by atoms with Crippen molar-refractivity contribution in [2.45, 2.75) is 19.0 Å². The number of halogens is 3. The number of benzene rings is 1. The summed E-state index contributed by atoms with van der Waals surface area (Å²) in [5.74, 6) is -2.44. The normalized spacial score (nSPS) is 13.8. The van der Waals surface area contributed by atoms with Gasteiger partial charge in [0.15, 0.2) is 0 Å². The predicted octanol–water partition coefficient (Wildman–Crippen LogP) is 1.86. The Bertz CT molecular complexity index is 1120. The van der Waals surface area contributed by atoms with E-state index < -0.39 is 22.2 Å². The summed E-state index contributed by atoms with van der Waals surface area (Å²) in [6, 6.07) is 11.7. The van der Waals surface area contributed by atoms with Gasteiger partial charge in [0, 0.05) is 32.7 Å². The van der Waals surface area contributed by atoms with Gasteiger partial charge in [0.05, 0.1) is 23.7 Å². The van der Waals surface area contributed by atoms with Gasteiger partial charge < -0.3 is 20.6 Å². The van der Waals surface area contributed by atoms with Crippen LogP contribution in [-0.4, -0.2) is 75.5 Å². The van der Waals surface area contributed by atoms with Crippen LogP contribution < -0.4 is 20.3 Å². The lowest BCUT2D eigenvalue weighted by Crippen LogP contribution is -2.44. The van der Waals surface area contributed by atoms with Crippen molar-refractivity contribution >= 4 is 33.4 Å². The lowest BCUT2D eigenvalue weighted by molar-refractivity contribution is -0.192. The molecule has 0 bridgehead atoms. The van der Waals surface area contributed by atoms with Crippen LogP contribution in [0.3, 0.4) is 0 Å². The standard InChI is InChI=1S/C20H27N5O3S.C2HF3O2/c1-29(27,28)24-17-14-18(19(23-15-17)25-12-10-21-11-13-25)20(26)22-9-5-8-16-6-3-2-4-7-16;3-2(4,5)1(6)7/h2-4,6-7,14-15,21,24H,5,8-13H2,1H3,(H,22,26);(H,6,7). The topological polar surface area (TPSA) is 141 Å². The number of carboxylic acid groups (broad SMARTS) is 1. The van der Waals surface area contributed by atoms with Crippen molar-refractivity contribution in [3.63, 3.8) is 0 Å². The average molecular weight is 532 g/mol. The summed E-state index contributed by atoms with van der Waals surface area (Å²) in [6.07, 6.45) is -0.877. The van der Waals surface area contributed by atoms with Crippen molar-refractivity contribution in [2.75, 3.05) is 48.6 Å². The van der Waals surface area contributed by atoms with Crippen LogP contribution in [0.15, 0.2) is 42.6 Å². The molecule has 0 unspecified atom stereocenters. The Balaban J connectivity index is 0.000000572. The third kappa shape index (κ3) is 10.1. The number of aryl methyl sites for hydroxylation is 1. The van der Waals surface area contributed by atoms with E-state index in [2.05, 4.69) is 32.5 Å². The zero-order chi connectivity index (χ0) is 26.8. The molecule has 2 heterocycles. The minimum Gasteiger partial charge on any atom is -0.475 e. The highest BCUT2D eigenvalue weighted by Gasteiger charge is 2.38. The fraction of sp³-hybridized carbons (Fsp3) is 0.409. The van der Waals surface area contributed by atoms with E-state index in [0.29, 0.717) is 17.9 Å². The van der Waals surface area contributed by atoms with Gasteiger partial charge in [-0.2, -0.15) is 13.2 Å². The second kappa shape index (κ2) is 13.1. The Morgan fingerprint density at radius 3 is 2.33 bits per heavy atom. The molecule has 0 radical (unpaired) electrons. The number of carboxylic acids is 1. The lowest BCUT2D eigenvalue weighted by atomic mass is 10.1. The third-order valence-corrected chi connectivity index (χ3v) is 5.45. The van der Waals surface area contributed by atoms with E-state index in [1.165, 1.54) is 11.8 Å². The van der Waals surface area contributed by atoms with E-state index in [4.69, 9.17) is 9.90 Å². The molecule has 0 atom stereocenters. The molecular formula is C22H28F3N5O5S. The molecule has 1 saturated heterocycles. The minimum absolute atomic E-state index is 0.253. The number of anilines is 2. The number of aliphatic carboxylic acids is 1. The molecule has 1 aromatic heterocycles. The summed E-state index contributed by atoms with van der Waals surface area (Å²) in [5.41, 5.74) is 1.88. The van der Waals surface area contributed by atoms with Crippen molar-refractivity contribution in [3.05, 3.63) is 53.7 Å². The van der Waals surface area contributed by atoms with Crippen LogP contribution >= 0.6 is 0 Å². The fourth-order valence-electron chi connectivity index (χ4n) is 3.26. The highest BCUT2D eigenvalue weighted by molar-refractivity contribution is 7.92. The second-order valence-electron chi connectivity index (χ2n) is 7.85. The van der Waals surface area contributed by atoms with Crippen molar-refractivity contribution in [3.8, 4) is 0 Å². The Kier molecular flexibility index (Phi) is 10.5. The van der Waals surface area contributed by atoms with E-state index in [1.54, 1.807) is 6.07 Å². The number of hydrogen-bond donors (Lipinski definition) is 4. The molecule has 1 aliphatic rings. The summed E-state index contributed by atoms with van der Waals surface area (Å²) in [6.45, 7) is 3.62. The van der Waals surface area contributed by atoms with E-state index in [-0.39, 0.29) is 11.6 Å². The number of aromatic nitrogens is 1. The molecule has 1 amide bonds. The Morgan fingerprint density at radius 2 is 1.78 bits per heavy atom. The van der Waals surface area contributed by atoms with Gasteiger partial charge >= 0.3 is 12.1 Å². The van der Waals surface area contributed by atoms with Gasteiger partial charge in [0.25, 0.3) is 5.91 Å². The number of piperazine rings is 1. The monoisotopic (exact) mass is 531 g/mol. The number of alkyl halides is 3. The molecule has 2 aromatic rings. The Labute approximate surface area is 207 Å². The van der Waals surface area contributed by atoms with Crippen LogP contribution in [0.5, 0.6) is 0 Å². The van der Waals surface area contributed by atoms with Gasteiger partial charge in [-0.25, -0.2) is 18.2 Å². The molecule has 0 spiro atoms. The fourth-order valence-corrected chi connectivity index (χ4v) is 3.80. The van der Waals surface area contributed by atoms with Gasteiger partial charge in [-0.1, -0.05) is 30.3 Å². The highest BCUT2D eigenvalue weighted by atomic mass is 32.2. The largest absolute Gasteiger partial charge is 0.490 e. The number of nitrogens with zero attached hydrogens (tertiary/aromatic N) is 2. The van der Waals surface area contributed by atoms with E-state index in [1.807, 2.05) is 23.1 Å². The molecule has 4 N–H and O–H groups in total. The summed E-state index contributed by atoms with van der Waals surface area (Å²) in [7, 11) is -3.45. The number of carbonyl (C=O) groups is 2. The van der Waals surface area contributed by atoms with Crippen LogP contribution in [0.25, 0.3) is 0 Å². The van der Waals surface area contributed by atoms with Crippen LogP contribution in [0.1, 0.15) is 22.3 Å². The zero-order valence-electron chi connectivity index (χ0n) is 19.5. The number of carbonyl (C=O) groups excluding carboxylic acids is 1. The summed E-state index contributed by atoms with van der Waals surface area (Å²) in [5, 5.41) is 13.3. The van der Waals surface area contributed by atoms with Crippen molar-refractivity contribution < 1.29 is 36.3 Å². The molecule has 1 aromatic carbocycles. The molecule has 14 heteroatoms. The number of amides is 1. The van der Waals surface area contributed by atoms with E-state index in [9.17, 15) is 26.4 Å². The highest BCUT2D eigenvalue weighted by Crippen LogP contribution is 2.22. The third-order valence-electron chi connectivity index (χ3n) is 4.84. The molecular weight excluding hydrogens is 503 g/mol. The number of sulfonamides is 1. The molecule has 36 heavy (non-hydrogen) atoms. The Hall–Kier alpha value is -3.39. The summed E-state index contributed by atoms with van der Waals surface area (Å²) >= 11 is 0. The summed E-state index contributed by atoms with van der Waals surface area (Å²) < 4.78 is 57.2. The number of pyridine rings is 1. The number of rotatable bonds is 8. The minimum atomic E-state index is -5.08. The van der Waals surface area contributed by atoms with E-state index >= 15 is 0 Å². The zero-order valence-corrected chi connectivity index (χ0v) is 20.3. The number of hydrogen-bond acceptors (Lipinski definition) is 7. The van der Waals surface area contributed by atoms with Crippen LogP contribution in [0, 0.1) is 0 Å². The van der Waals surface area contributed by atoms with Crippen LogP contribution in [0.4, 0.5) is 24.7 Å². The average Bonchev–Trinajstić information content (AvgIpc) is 2.81. The van der Waals surface area contributed by atoms with Crippen LogP contribution in [0.2, 0.25) is 0 Å². The maximum atomic E-state index is 12.9. The first kappa shape index (κ1) is 28.8. The maximum Gasteiger partial charge on any atom is 0.490 e. The van der Waals surface area contributed by atoms with Gasteiger partial charge in [0.2, 0.25) is 10.0 Å². The molecule has 0 aliphatic carbocycles. The smallest absolute Gasteiger partial charge is 0.475 e. The van der Waals surface area contributed by atoms with Crippen molar-refractivity contribution in [1.29, 1.82) is 0 Å².